The van der Waals surface area contributed by atoms with Gasteiger partial charge in [0.2, 0.25) is 23.6 Å². The molecule has 0 aromatic heterocycles. The Morgan fingerprint density at radius 3 is 1.95 bits per heavy atom. The summed E-state index contributed by atoms with van der Waals surface area (Å²) in [5, 5.41) is 18.7. The van der Waals surface area contributed by atoms with Crippen molar-refractivity contribution in [2.24, 2.45) is 16.5 Å². The van der Waals surface area contributed by atoms with Gasteiger partial charge in [0.1, 0.15) is 12.1 Å². The standard InChI is InChI=1S/C20H38N8O6S3.O.Tc/c21-20(22)24-3-1-2-13(26-16(30)12-28(5-8-36)6-9-37)18(33)25-11-15(29)27-14(10-17(31)32)19(34)23-4-7-35;;/h13-14,35-37H,1-12H2,(H,23,34)(H,25,33)(H,26,30)(H,27,29)(H,31,32)(H4,21,22,24);;/q;;+3/p-3/t13-,14+;;/m1../s1/i;;1+1. The zero-order valence-corrected chi connectivity index (χ0v) is 25.5. The molecule has 222 valence electrons. The summed E-state index contributed by atoms with van der Waals surface area (Å²) in [7, 11) is 0. The van der Waals surface area contributed by atoms with Crippen LogP contribution in [0.3, 0.4) is 0 Å². The van der Waals surface area contributed by atoms with Crippen LogP contribution in [0, 0.1) is 0 Å². The first kappa shape index (κ1) is 39.2. The molecule has 39 heavy (non-hydrogen) atoms. The van der Waals surface area contributed by atoms with Crippen molar-refractivity contribution < 1.29 is 51.4 Å². The minimum absolute atomic E-state index is 0.0122. The van der Waals surface area contributed by atoms with Crippen LogP contribution < -0.4 is 32.7 Å². The summed E-state index contributed by atoms with van der Waals surface area (Å²) in [4.78, 5) is 66.4. The number of aliphatic carboxylic acids is 1. The molecule has 19 heteroatoms. The molecule has 0 unspecified atom stereocenters. The number of nitrogens with two attached hydrogens (primary N) is 2. The Morgan fingerprint density at radius 2 is 1.44 bits per heavy atom. The van der Waals surface area contributed by atoms with Gasteiger partial charge in [-0.15, -0.1) is 0 Å². The molecule has 4 amide bonds. The predicted octanol–water partition coefficient (Wildman–Crippen LogP) is -4.46. The number of nitrogens with one attached hydrogen (secondary N) is 4. The topological polar surface area (TPSA) is 238 Å². The molecule has 0 radical (unpaired) electrons. The molecule has 0 spiro atoms. The summed E-state index contributed by atoms with van der Waals surface area (Å²) in [5.41, 5.74) is 10.6. The van der Waals surface area contributed by atoms with E-state index >= 15 is 0 Å². The average molecular weight is 695 g/mol. The van der Waals surface area contributed by atoms with Gasteiger partial charge < -0.3 is 75.7 Å². The molecule has 0 aliphatic rings. The normalized spacial score (nSPS) is 11.7. The number of hydrogen-bond donors (Lipinski definition) is 7. The zero-order valence-electron chi connectivity index (χ0n) is 21.2. The number of carboxylic acids is 1. The number of aliphatic imine (C=N–C) groups is 1. The van der Waals surface area contributed by atoms with E-state index in [9.17, 15) is 24.0 Å². The third-order valence-corrected chi connectivity index (χ3v) is 5.20. The monoisotopic (exact) mass is 694 g/mol. The number of carboxylic acid groups (broad SMARTS) is 1. The first-order valence-corrected chi connectivity index (χ1v) is 14.1. The molecule has 0 saturated heterocycles. The summed E-state index contributed by atoms with van der Waals surface area (Å²) in [6.45, 7) is 0.755. The Bertz CT molecular complexity index is 803. The third-order valence-electron chi connectivity index (χ3n) is 4.63. The number of amides is 4. The molecule has 15 nitrogen and oxygen atoms in total. The fraction of sp³-hybridized carbons (Fsp3) is 0.700. The summed E-state index contributed by atoms with van der Waals surface area (Å²) in [6.07, 6.45) is -0.130. The molecule has 2 atom stereocenters. The number of rotatable bonds is 20. The van der Waals surface area contributed by atoms with Gasteiger partial charge in [0.05, 0.1) is 19.5 Å². The van der Waals surface area contributed by atoms with Gasteiger partial charge >= 0.3 is 28.3 Å². The van der Waals surface area contributed by atoms with Crippen molar-refractivity contribution in [1.82, 2.24) is 26.2 Å². The molecule has 0 aliphatic carbocycles. The van der Waals surface area contributed by atoms with Gasteiger partial charge in [0, 0.05) is 6.54 Å². The van der Waals surface area contributed by atoms with E-state index in [0.717, 1.165) is 18.9 Å². The Balaban J connectivity index is 0. The van der Waals surface area contributed by atoms with Crippen LogP contribution in [0.2, 0.25) is 0 Å². The van der Waals surface area contributed by atoms with Crippen LogP contribution in [-0.2, 0) is 84.2 Å². The number of carbonyl (C=O) groups is 5. The zero-order chi connectivity index (χ0) is 30.2. The fourth-order valence-electron chi connectivity index (χ4n) is 2.96. The van der Waals surface area contributed by atoms with Gasteiger partial charge in [-0.05, 0) is 32.5 Å². The van der Waals surface area contributed by atoms with E-state index in [1.165, 1.54) is 0 Å². The van der Waals surface area contributed by atoms with Crippen LogP contribution >= 0.6 is 0 Å². The van der Waals surface area contributed by atoms with Crippen LogP contribution in [-0.4, -0.2) is 114 Å². The molecule has 0 heterocycles. The Labute approximate surface area is 254 Å². The van der Waals surface area contributed by atoms with Crippen molar-refractivity contribution >= 4 is 73.4 Å². The van der Waals surface area contributed by atoms with Crippen molar-refractivity contribution in [2.75, 3.05) is 56.5 Å². The summed E-state index contributed by atoms with van der Waals surface area (Å²) < 4.78 is 8.22. The van der Waals surface area contributed by atoms with Gasteiger partial charge in [-0.25, -0.2) is 0 Å². The number of guanidine groups is 1. The first-order chi connectivity index (χ1) is 18.5. The van der Waals surface area contributed by atoms with Crippen LogP contribution in [0.15, 0.2) is 4.99 Å². The van der Waals surface area contributed by atoms with Crippen molar-refractivity contribution in [3.05, 3.63) is 0 Å². The van der Waals surface area contributed by atoms with Crippen molar-refractivity contribution in [2.45, 2.75) is 31.3 Å². The van der Waals surface area contributed by atoms with Crippen molar-refractivity contribution in [1.29, 1.82) is 0 Å². The van der Waals surface area contributed by atoms with Gasteiger partial charge in [0.25, 0.3) is 0 Å². The van der Waals surface area contributed by atoms with E-state index in [2.05, 4.69) is 26.3 Å². The van der Waals surface area contributed by atoms with E-state index in [0.29, 0.717) is 31.0 Å². The van der Waals surface area contributed by atoms with E-state index < -0.39 is 54.6 Å². The van der Waals surface area contributed by atoms with Gasteiger partial charge in [-0.1, -0.05) is 0 Å². The Kier molecular flexibility index (Phi) is 25.2. The maximum absolute atomic E-state index is 12.8. The second-order valence-electron chi connectivity index (χ2n) is 7.68. The van der Waals surface area contributed by atoms with Gasteiger partial charge in [0.15, 0.2) is 5.96 Å². The molecular weight excluding hydrogens is 659 g/mol. The van der Waals surface area contributed by atoms with E-state index in [1.54, 1.807) is 4.90 Å². The molecule has 0 aromatic rings. The second-order valence-corrected chi connectivity index (χ2v) is 8.91. The number of nitrogens with zero attached hydrogens (tertiary/aromatic N) is 2. The van der Waals surface area contributed by atoms with Crippen LogP contribution in [0.1, 0.15) is 19.3 Å². The predicted molar refractivity (Wildman–Crippen MR) is 146 cm³/mol. The van der Waals surface area contributed by atoms with Gasteiger partial charge in [-0.3, -0.25) is 33.9 Å². The molecule has 0 rings (SSSR count). The SMILES string of the molecule is NC(N)=NCCC[C@@H](NC(=O)CN(CC[S-])CC[S-])C(=O)NCC(=O)N[C@@H](CC(=O)O)C(=O)NCC[S-].[O]=[99Tc+3]. The minimum atomic E-state index is -1.35. The van der Waals surface area contributed by atoms with E-state index in [-0.39, 0.29) is 37.8 Å². The second kappa shape index (κ2) is 25.1. The summed E-state index contributed by atoms with van der Waals surface area (Å²) in [5.74, 6) is -2.97. The van der Waals surface area contributed by atoms with Crippen molar-refractivity contribution in [3.63, 3.8) is 0 Å². The summed E-state index contributed by atoms with van der Waals surface area (Å²) >= 11 is 15.5. The number of hydrogen-bond acceptors (Lipinski definition) is 11. The van der Waals surface area contributed by atoms with E-state index in [1.807, 2.05) is 0 Å². The van der Waals surface area contributed by atoms with Crippen molar-refractivity contribution in [3.8, 4) is 0 Å². The van der Waals surface area contributed by atoms with Crippen LogP contribution in [0.4, 0.5) is 0 Å². The third kappa shape index (κ3) is 21.6. The molecule has 9 N–H and O–H groups in total. The quantitative estimate of drug-likeness (QED) is 0.0276. The Morgan fingerprint density at radius 1 is 0.872 bits per heavy atom. The molecule has 0 bridgehead atoms. The summed E-state index contributed by atoms with van der Waals surface area (Å²) in [6, 6.07) is -2.35. The first-order valence-electron chi connectivity index (χ1n) is 11.6. The molecule has 0 fully saturated rings. The molecular formula is C20H35N8O7S3Tc. The fourth-order valence-corrected chi connectivity index (χ4v) is 3.58. The molecule has 0 saturated carbocycles. The van der Waals surface area contributed by atoms with Gasteiger partial charge in [-0.2, -0.15) is 17.3 Å². The maximum atomic E-state index is 12.8. The average Bonchev–Trinajstić information content (AvgIpc) is 2.88. The molecule has 0 aromatic carbocycles. The van der Waals surface area contributed by atoms with Crippen LogP contribution in [0.25, 0.3) is 0 Å². The van der Waals surface area contributed by atoms with E-state index in [4.69, 9.17) is 58.0 Å². The number of carbonyl (C=O) groups excluding carboxylic acids is 4. The van der Waals surface area contributed by atoms with Crippen LogP contribution in [0.5, 0.6) is 0 Å². The Hall–Kier alpha value is -1.92. The molecule has 0 aliphatic heterocycles.